The second kappa shape index (κ2) is 3.65. The van der Waals surface area contributed by atoms with Crippen LogP contribution in [0.15, 0.2) is 36.7 Å². The number of rotatable bonds is 1. The third kappa shape index (κ3) is 1.79. The van der Waals surface area contributed by atoms with Crippen molar-refractivity contribution in [2.24, 2.45) is 0 Å². The van der Waals surface area contributed by atoms with Gasteiger partial charge in [0, 0.05) is 29.2 Å². The lowest BCUT2D eigenvalue weighted by Crippen LogP contribution is -1.93. The number of nitrogens with two attached hydrogens (primary N) is 1. The average Bonchev–Trinajstić information content (AvgIpc) is 2.23. The Labute approximate surface area is 85.4 Å². The van der Waals surface area contributed by atoms with Gasteiger partial charge in [0.25, 0.3) is 0 Å². The van der Waals surface area contributed by atoms with E-state index >= 15 is 0 Å². The highest BCUT2D eigenvalue weighted by molar-refractivity contribution is 5.75. The fourth-order valence-corrected chi connectivity index (χ4v) is 1.33. The maximum Gasteiger partial charge on any atom is 0.131 e. The van der Waals surface area contributed by atoms with Gasteiger partial charge in [0.2, 0.25) is 0 Å². The summed E-state index contributed by atoms with van der Waals surface area (Å²) in [6.07, 6.45) is 2.91. The highest BCUT2D eigenvalue weighted by Gasteiger charge is 2.09. The Bertz CT molecular complexity index is 498. The zero-order valence-corrected chi connectivity index (χ0v) is 7.74. The number of anilines is 1. The van der Waals surface area contributed by atoms with Crippen molar-refractivity contribution in [3.05, 3.63) is 48.3 Å². The van der Waals surface area contributed by atoms with Gasteiger partial charge in [0.15, 0.2) is 0 Å². The van der Waals surface area contributed by atoms with Crippen LogP contribution in [0.5, 0.6) is 0 Å². The van der Waals surface area contributed by atoms with Gasteiger partial charge in [0.05, 0.1) is 0 Å². The van der Waals surface area contributed by atoms with Gasteiger partial charge in [-0.3, -0.25) is 4.98 Å². The normalized spacial score (nSPS) is 10.3. The van der Waals surface area contributed by atoms with Crippen molar-refractivity contribution in [2.45, 2.75) is 0 Å². The number of pyridine rings is 1. The van der Waals surface area contributed by atoms with Crippen molar-refractivity contribution in [3.63, 3.8) is 0 Å². The molecule has 0 aliphatic heterocycles. The zero-order valence-electron chi connectivity index (χ0n) is 7.74. The van der Waals surface area contributed by atoms with Gasteiger partial charge in [-0.1, -0.05) is 0 Å². The van der Waals surface area contributed by atoms with Gasteiger partial charge in [0.1, 0.15) is 11.6 Å². The summed E-state index contributed by atoms with van der Waals surface area (Å²) in [5.74, 6) is -1.02. The van der Waals surface area contributed by atoms with Crippen LogP contribution in [0.25, 0.3) is 11.1 Å². The van der Waals surface area contributed by atoms with Crippen LogP contribution in [-0.4, -0.2) is 4.98 Å². The molecular formula is C11H8F2N2. The molecule has 15 heavy (non-hydrogen) atoms. The fourth-order valence-electron chi connectivity index (χ4n) is 1.33. The van der Waals surface area contributed by atoms with Crippen molar-refractivity contribution in [2.75, 3.05) is 5.73 Å². The lowest BCUT2D eigenvalue weighted by Gasteiger charge is -2.05. The highest BCUT2D eigenvalue weighted by atomic mass is 19.1. The molecule has 0 aliphatic rings. The molecule has 0 saturated heterocycles. The molecule has 0 amide bonds. The van der Waals surface area contributed by atoms with Gasteiger partial charge < -0.3 is 5.73 Å². The van der Waals surface area contributed by atoms with Crippen molar-refractivity contribution >= 4 is 5.69 Å². The summed E-state index contributed by atoms with van der Waals surface area (Å²) < 4.78 is 26.3. The topological polar surface area (TPSA) is 38.9 Å². The Morgan fingerprint density at radius 1 is 1.07 bits per heavy atom. The number of benzene rings is 1. The van der Waals surface area contributed by atoms with Gasteiger partial charge in [-0.25, -0.2) is 8.78 Å². The predicted octanol–water partition coefficient (Wildman–Crippen LogP) is 2.61. The molecule has 4 heteroatoms. The summed E-state index contributed by atoms with van der Waals surface area (Å²) in [5, 5.41) is 0. The molecule has 0 bridgehead atoms. The van der Waals surface area contributed by atoms with Gasteiger partial charge >= 0.3 is 0 Å². The summed E-state index contributed by atoms with van der Waals surface area (Å²) in [5.41, 5.74) is 6.54. The molecule has 0 unspecified atom stereocenters. The molecule has 1 aromatic carbocycles. The molecule has 2 rings (SSSR count). The molecule has 2 nitrogen and oxygen atoms in total. The Balaban J connectivity index is 2.64. The van der Waals surface area contributed by atoms with Crippen molar-refractivity contribution in [1.29, 1.82) is 0 Å². The Morgan fingerprint density at radius 2 is 1.87 bits per heavy atom. The molecule has 1 heterocycles. The zero-order chi connectivity index (χ0) is 10.8. The predicted molar refractivity (Wildman–Crippen MR) is 54.0 cm³/mol. The van der Waals surface area contributed by atoms with Crippen molar-refractivity contribution < 1.29 is 8.78 Å². The maximum absolute atomic E-state index is 13.4. The Kier molecular flexibility index (Phi) is 2.33. The van der Waals surface area contributed by atoms with E-state index in [0.29, 0.717) is 11.3 Å². The molecule has 0 atom stereocenters. The second-order valence-corrected chi connectivity index (χ2v) is 3.09. The molecule has 2 N–H and O–H groups in total. The monoisotopic (exact) mass is 206 g/mol. The van der Waals surface area contributed by atoms with Crippen LogP contribution < -0.4 is 5.73 Å². The Hall–Kier alpha value is -1.97. The van der Waals surface area contributed by atoms with Gasteiger partial charge in [-0.15, -0.1) is 0 Å². The van der Waals surface area contributed by atoms with Gasteiger partial charge in [-0.2, -0.15) is 0 Å². The summed E-state index contributed by atoms with van der Waals surface area (Å²) in [4.78, 5) is 3.82. The van der Waals surface area contributed by atoms with Crippen LogP contribution in [0, 0.1) is 11.6 Å². The summed E-state index contributed by atoms with van der Waals surface area (Å²) in [6.45, 7) is 0. The van der Waals surface area contributed by atoms with E-state index in [1.165, 1.54) is 12.4 Å². The fraction of sp³-hybridized carbons (Fsp3) is 0. The quantitative estimate of drug-likeness (QED) is 0.778. The van der Waals surface area contributed by atoms with Gasteiger partial charge in [-0.05, 0) is 24.3 Å². The minimum absolute atomic E-state index is 0.126. The van der Waals surface area contributed by atoms with E-state index in [2.05, 4.69) is 4.98 Å². The van der Waals surface area contributed by atoms with Crippen molar-refractivity contribution in [3.8, 4) is 11.1 Å². The van der Waals surface area contributed by atoms with E-state index in [4.69, 9.17) is 5.73 Å². The lowest BCUT2D eigenvalue weighted by atomic mass is 10.1. The van der Waals surface area contributed by atoms with Crippen LogP contribution in [0.4, 0.5) is 14.5 Å². The average molecular weight is 206 g/mol. The molecule has 1 aromatic heterocycles. The van der Waals surface area contributed by atoms with Crippen LogP contribution in [0.3, 0.4) is 0 Å². The maximum atomic E-state index is 13.4. The molecular weight excluding hydrogens is 198 g/mol. The smallest absolute Gasteiger partial charge is 0.131 e. The minimum atomic E-state index is -0.517. The molecule has 0 saturated carbocycles. The standard InChI is InChI=1S/C11H8F2N2/c12-7-1-2-10(13)8(5-7)9-6-15-4-3-11(9)14/h1-6H,(H2,14,15). The van der Waals surface area contributed by atoms with E-state index in [1.807, 2.05) is 0 Å². The summed E-state index contributed by atoms with van der Waals surface area (Å²) in [6, 6.07) is 4.77. The van der Waals surface area contributed by atoms with Crippen LogP contribution in [0.1, 0.15) is 0 Å². The first-order valence-electron chi connectivity index (χ1n) is 4.33. The van der Waals surface area contributed by atoms with E-state index in [0.717, 1.165) is 18.2 Å². The summed E-state index contributed by atoms with van der Waals surface area (Å²) >= 11 is 0. The van der Waals surface area contributed by atoms with E-state index < -0.39 is 11.6 Å². The molecule has 0 radical (unpaired) electrons. The third-order valence-electron chi connectivity index (χ3n) is 2.07. The molecule has 0 spiro atoms. The number of nitrogen functional groups attached to an aromatic ring is 1. The third-order valence-corrected chi connectivity index (χ3v) is 2.07. The second-order valence-electron chi connectivity index (χ2n) is 3.09. The van der Waals surface area contributed by atoms with Crippen LogP contribution in [-0.2, 0) is 0 Å². The molecule has 0 aliphatic carbocycles. The number of hydrogen-bond acceptors (Lipinski definition) is 2. The summed E-state index contributed by atoms with van der Waals surface area (Å²) in [7, 11) is 0. The van der Waals surface area contributed by atoms with Crippen LogP contribution >= 0.6 is 0 Å². The Morgan fingerprint density at radius 3 is 2.60 bits per heavy atom. The first-order valence-corrected chi connectivity index (χ1v) is 4.33. The lowest BCUT2D eigenvalue weighted by molar-refractivity contribution is 0.603. The van der Waals surface area contributed by atoms with E-state index in [1.54, 1.807) is 6.07 Å². The minimum Gasteiger partial charge on any atom is -0.398 e. The molecule has 2 aromatic rings. The van der Waals surface area contributed by atoms with Crippen LogP contribution in [0.2, 0.25) is 0 Å². The number of hydrogen-bond donors (Lipinski definition) is 1. The highest BCUT2D eigenvalue weighted by Crippen LogP contribution is 2.27. The number of halogens is 2. The molecule has 0 fully saturated rings. The first-order chi connectivity index (χ1) is 7.18. The molecule has 76 valence electrons. The SMILES string of the molecule is Nc1ccncc1-c1cc(F)ccc1F. The van der Waals surface area contributed by atoms with E-state index in [9.17, 15) is 8.78 Å². The van der Waals surface area contributed by atoms with Crippen molar-refractivity contribution in [1.82, 2.24) is 4.98 Å². The first kappa shape index (κ1) is 9.58. The largest absolute Gasteiger partial charge is 0.398 e. The number of aromatic nitrogens is 1. The number of nitrogens with zero attached hydrogens (tertiary/aromatic N) is 1. The van der Waals surface area contributed by atoms with E-state index in [-0.39, 0.29) is 5.56 Å².